The van der Waals surface area contributed by atoms with Crippen LogP contribution in [-0.2, 0) is 0 Å². The second-order valence-electron chi connectivity index (χ2n) is 3.02. The van der Waals surface area contributed by atoms with Gasteiger partial charge in [-0.15, -0.1) is 0 Å². The molecule has 66 valence electrons. The lowest BCUT2D eigenvalue weighted by Crippen LogP contribution is -2.05. The van der Waals surface area contributed by atoms with Crippen molar-refractivity contribution >= 4 is 11.6 Å². The van der Waals surface area contributed by atoms with Crippen molar-refractivity contribution < 1.29 is 4.74 Å². The first-order chi connectivity index (χ1) is 5.68. The van der Waals surface area contributed by atoms with Gasteiger partial charge in [-0.25, -0.2) is 4.98 Å². The second kappa shape index (κ2) is 4.31. The number of ether oxygens (including phenoxy) is 1. The van der Waals surface area contributed by atoms with Crippen LogP contribution >= 0.6 is 11.6 Å². The zero-order valence-corrected chi connectivity index (χ0v) is 8.01. The fraction of sp³-hybridized carbons (Fsp3) is 0.444. The van der Waals surface area contributed by atoms with E-state index in [2.05, 4.69) is 18.8 Å². The van der Waals surface area contributed by atoms with E-state index in [1.165, 1.54) is 0 Å². The molecule has 0 radical (unpaired) electrons. The minimum absolute atomic E-state index is 0.505. The van der Waals surface area contributed by atoms with E-state index in [9.17, 15) is 0 Å². The topological polar surface area (TPSA) is 22.1 Å². The van der Waals surface area contributed by atoms with E-state index in [1.807, 2.05) is 0 Å². The Labute approximate surface area is 77.5 Å². The van der Waals surface area contributed by atoms with Gasteiger partial charge in [0.25, 0.3) is 0 Å². The zero-order valence-electron chi connectivity index (χ0n) is 7.25. The Kier molecular flexibility index (Phi) is 3.35. The van der Waals surface area contributed by atoms with Crippen molar-refractivity contribution in [3.05, 3.63) is 23.4 Å². The highest BCUT2D eigenvalue weighted by atomic mass is 35.5. The van der Waals surface area contributed by atoms with E-state index in [4.69, 9.17) is 16.3 Å². The SMILES string of the molecule is CC(C)COc1cc(Cl)ccn1. The Bertz CT molecular complexity index is 250. The van der Waals surface area contributed by atoms with Gasteiger partial charge in [0, 0.05) is 17.3 Å². The molecule has 0 aliphatic rings. The third-order valence-electron chi connectivity index (χ3n) is 1.26. The van der Waals surface area contributed by atoms with Crippen LogP contribution in [0, 0.1) is 5.92 Å². The van der Waals surface area contributed by atoms with Crippen molar-refractivity contribution in [3.63, 3.8) is 0 Å². The van der Waals surface area contributed by atoms with Crippen molar-refractivity contribution in [1.29, 1.82) is 0 Å². The minimum Gasteiger partial charge on any atom is -0.477 e. The summed E-state index contributed by atoms with van der Waals surface area (Å²) >= 11 is 5.74. The van der Waals surface area contributed by atoms with Crippen molar-refractivity contribution in [2.75, 3.05) is 6.61 Å². The summed E-state index contributed by atoms with van der Waals surface area (Å²) in [6.07, 6.45) is 1.64. The van der Waals surface area contributed by atoms with Crippen LogP contribution in [0.5, 0.6) is 5.88 Å². The van der Waals surface area contributed by atoms with E-state index < -0.39 is 0 Å². The molecule has 0 fully saturated rings. The van der Waals surface area contributed by atoms with Crippen molar-refractivity contribution in [2.45, 2.75) is 13.8 Å². The summed E-state index contributed by atoms with van der Waals surface area (Å²) in [6, 6.07) is 3.44. The third-order valence-corrected chi connectivity index (χ3v) is 1.50. The number of pyridine rings is 1. The fourth-order valence-electron chi connectivity index (χ4n) is 0.716. The molecular formula is C9H12ClNO. The van der Waals surface area contributed by atoms with Crippen LogP contribution in [-0.4, -0.2) is 11.6 Å². The fourth-order valence-corrected chi connectivity index (χ4v) is 0.866. The van der Waals surface area contributed by atoms with E-state index in [1.54, 1.807) is 18.3 Å². The van der Waals surface area contributed by atoms with Gasteiger partial charge in [-0.2, -0.15) is 0 Å². The maximum atomic E-state index is 5.74. The Morgan fingerprint density at radius 3 is 2.92 bits per heavy atom. The number of halogens is 1. The van der Waals surface area contributed by atoms with E-state index in [0.29, 0.717) is 23.4 Å². The van der Waals surface area contributed by atoms with Gasteiger partial charge in [-0.1, -0.05) is 25.4 Å². The molecule has 0 saturated carbocycles. The molecule has 1 aromatic rings. The number of hydrogen-bond acceptors (Lipinski definition) is 2. The molecule has 0 aromatic carbocycles. The molecule has 0 atom stereocenters. The molecule has 0 spiro atoms. The molecule has 0 N–H and O–H groups in total. The molecule has 0 unspecified atom stereocenters. The smallest absolute Gasteiger partial charge is 0.214 e. The average molecular weight is 186 g/mol. The Morgan fingerprint density at radius 2 is 2.33 bits per heavy atom. The Hall–Kier alpha value is -0.760. The van der Waals surface area contributed by atoms with E-state index >= 15 is 0 Å². The summed E-state index contributed by atoms with van der Waals surface area (Å²) in [6.45, 7) is 4.85. The van der Waals surface area contributed by atoms with Crippen LogP contribution in [0.2, 0.25) is 5.02 Å². The minimum atomic E-state index is 0.505. The zero-order chi connectivity index (χ0) is 8.97. The maximum absolute atomic E-state index is 5.74. The van der Waals surface area contributed by atoms with Gasteiger partial charge in [-0.3, -0.25) is 0 Å². The quantitative estimate of drug-likeness (QED) is 0.723. The van der Waals surface area contributed by atoms with Gasteiger partial charge in [0.15, 0.2) is 0 Å². The van der Waals surface area contributed by atoms with Gasteiger partial charge in [0.05, 0.1) is 6.61 Å². The van der Waals surface area contributed by atoms with Gasteiger partial charge >= 0.3 is 0 Å². The Morgan fingerprint density at radius 1 is 1.58 bits per heavy atom. The molecule has 0 aliphatic carbocycles. The third kappa shape index (κ3) is 3.09. The molecule has 2 nitrogen and oxygen atoms in total. The van der Waals surface area contributed by atoms with Crippen LogP contribution in [0.1, 0.15) is 13.8 Å². The average Bonchev–Trinajstić information content (AvgIpc) is 2.01. The van der Waals surface area contributed by atoms with Crippen LogP contribution in [0.15, 0.2) is 18.3 Å². The standard InChI is InChI=1S/C9H12ClNO/c1-7(2)6-12-9-5-8(10)3-4-11-9/h3-5,7H,6H2,1-2H3. The summed E-state index contributed by atoms with van der Waals surface area (Å²) in [5, 5.41) is 0.656. The summed E-state index contributed by atoms with van der Waals surface area (Å²) in [4.78, 5) is 4.00. The highest BCUT2D eigenvalue weighted by Gasteiger charge is 1.98. The molecule has 0 amide bonds. The van der Waals surface area contributed by atoms with Gasteiger partial charge in [0.1, 0.15) is 0 Å². The maximum Gasteiger partial charge on any atom is 0.214 e. The molecule has 1 aromatic heterocycles. The molecule has 1 heterocycles. The predicted molar refractivity (Wildman–Crippen MR) is 49.6 cm³/mol. The van der Waals surface area contributed by atoms with E-state index in [0.717, 1.165) is 0 Å². The summed E-state index contributed by atoms with van der Waals surface area (Å²) in [5.74, 6) is 1.10. The molecule has 12 heavy (non-hydrogen) atoms. The van der Waals surface area contributed by atoms with Crippen molar-refractivity contribution in [2.24, 2.45) is 5.92 Å². The van der Waals surface area contributed by atoms with Crippen LogP contribution < -0.4 is 4.74 Å². The highest BCUT2D eigenvalue weighted by Crippen LogP contribution is 2.14. The monoisotopic (exact) mass is 185 g/mol. The molecular weight excluding hydrogens is 174 g/mol. The predicted octanol–water partition coefficient (Wildman–Crippen LogP) is 2.77. The Balaban J connectivity index is 2.52. The molecule has 0 saturated heterocycles. The lowest BCUT2D eigenvalue weighted by molar-refractivity contribution is 0.261. The number of rotatable bonds is 3. The molecule has 0 bridgehead atoms. The molecule has 1 rings (SSSR count). The summed E-state index contributed by atoms with van der Waals surface area (Å²) < 4.78 is 5.35. The largest absolute Gasteiger partial charge is 0.477 e. The van der Waals surface area contributed by atoms with Crippen LogP contribution in [0.4, 0.5) is 0 Å². The lowest BCUT2D eigenvalue weighted by atomic mass is 10.2. The number of nitrogens with zero attached hydrogens (tertiary/aromatic N) is 1. The molecule has 3 heteroatoms. The van der Waals surface area contributed by atoms with Crippen LogP contribution in [0.25, 0.3) is 0 Å². The second-order valence-corrected chi connectivity index (χ2v) is 3.45. The highest BCUT2D eigenvalue weighted by molar-refractivity contribution is 6.30. The van der Waals surface area contributed by atoms with Crippen LogP contribution in [0.3, 0.4) is 0 Å². The molecule has 0 aliphatic heterocycles. The van der Waals surface area contributed by atoms with Crippen molar-refractivity contribution in [3.8, 4) is 5.88 Å². The van der Waals surface area contributed by atoms with Gasteiger partial charge < -0.3 is 4.74 Å². The first-order valence-electron chi connectivity index (χ1n) is 3.93. The first kappa shape index (κ1) is 9.33. The normalized spacial score (nSPS) is 10.3. The van der Waals surface area contributed by atoms with Gasteiger partial charge in [0.2, 0.25) is 5.88 Å². The summed E-state index contributed by atoms with van der Waals surface area (Å²) in [5.41, 5.74) is 0. The lowest BCUT2D eigenvalue weighted by Gasteiger charge is -2.06. The van der Waals surface area contributed by atoms with E-state index in [-0.39, 0.29) is 0 Å². The number of hydrogen-bond donors (Lipinski definition) is 0. The van der Waals surface area contributed by atoms with Gasteiger partial charge in [-0.05, 0) is 12.0 Å². The number of aromatic nitrogens is 1. The summed E-state index contributed by atoms with van der Waals surface area (Å²) in [7, 11) is 0. The van der Waals surface area contributed by atoms with Crippen molar-refractivity contribution in [1.82, 2.24) is 4.98 Å². The first-order valence-corrected chi connectivity index (χ1v) is 4.30.